The number of ether oxygens (including phenoxy) is 2. The summed E-state index contributed by atoms with van der Waals surface area (Å²) in [4.78, 5) is 28.4. The summed E-state index contributed by atoms with van der Waals surface area (Å²) < 4.78 is 15.8. The molecule has 0 atom stereocenters. The summed E-state index contributed by atoms with van der Waals surface area (Å²) in [5, 5.41) is 0. The second-order valence-corrected chi connectivity index (χ2v) is 6.03. The summed E-state index contributed by atoms with van der Waals surface area (Å²) in [6.45, 7) is 2.16. The molecule has 1 saturated heterocycles. The van der Waals surface area contributed by atoms with Gasteiger partial charge in [0, 0.05) is 37.8 Å². The van der Waals surface area contributed by atoms with Crippen LogP contribution in [-0.4, -0.2) is 54.6 Å². The third-order valence-electron chi connectivity index (χ3n) is 4.43. The van der Waals surface area contributed by atoms with E-state index >= 15 is 0 Å². The lowest BCUT2D eigenvalue weighted by Crippen LogP contribution is -2.50. The second-order valence-electron chi connectivity index (χ2n) is 6.03. The minimum Gasteiger partial charge on any atom is -0.465 e. The van der Waals surface area contributed by atoms with Crippen molar-refractivity contribution in [3.8, 4) is 11.5 Å². The van der Waals surface area contributed by atoms with Crippen molar-refractivity contribution in [3.05, 3.63) is 54.0 Å². The molecule has 0 unspecified atom stereocenters. The molecule has 4 rings (SSSR count). The van der Waals surface area contributed by atoms with E-state index in [1.807, 2.05) is 0 Å². The average molecular weight is 354 g/mol. The molecule has 0 spiro atoms. The molecule has 2 aliphatic rings. The molecule has 7 heteroatoms. The number of hydrogen-bond acceptors (Lipinski definition) is 5. The van der Waals surface area contributed by atoms with Crippen molar-refractivity contribution < 1.29 is 23.5 Å². The highest BCUT2D eigenvalue weighted by atomic mass is 16.7. The van der Waals surface area contributed by atoms with E-state index in [0.717, 1.165) is 0 Å². The highest BCUT2D eigenvalue weighted by molar-refractivity contribution is 5.95. The molecule has 7 nitrogen and oxygen atoms in total. The number of piperazine rings is 1. The minimum atomic E-state index is -0.0865. The van der Waals surface area contributed by atoms with E-state index in [1.54, 1.807) is 52.5 Å². The smallest absolute Gasteiger partial charge is 0.254 e. The van der Waals surface area contributed by atoms with E-state index in [4.69, 9.17) is 13.9 Å². The first-order chi connectivity index (χ1) is 12.7. The van der Waals surface area contributed by atoms with Crippen molar-refractivity contribution in [1.29, 1.82) is 0 Å². The zero-order valence-corrected chi connectivity index (χ0v) is 14.1. The van der Waals surface area contributed by atoms with Crippen LogP contribution in [0.1, 0.15) is 16.1 Å². The molecule has 3 heterocycles. The molecule has 1 fully saturated rings. The van der Waals surface area contributed by atoms with Crippen LogP contribution in [0.2, 0.25) is 0 Å². The van der Waals surface area contributed by atoms with Crippen LogP contribution in [0.15, 0.2) is 47.1 Å². The van der Waals surface area contributed by atoms with Crippen LogP contribution in [0.25, 0.3) is 6.08 Å². The van der Waals surface area contributed by atoms with Gasteiger partial charge in [0.05, 0.1) is 6.26 Å². The summed E-state index contributed by atoms with van der Waals surface area (Å²) in [6, 6.07) is 8.74. The van der Waals surface area contributed by atoms with E-state index in [2.05, 4.69) is 0 Å². The fourth-order valence-electron chi connectivity index (χ4n) is 2.99. The summed E-state index contributed by atoms with van der Waals surface area (Å²) >= 11 is 0. The first-order valence-electron chi connectivity index (χ1n) is 8.40. The predicted octanol–water partition coefficient (Wildman–Crippen LogP) is 2.01. The van der Waals surface area contributed by atoms with Gasteiger partial charge in [-0.3, -0.25) is 9.59 Å². The monoisotopic (exact) mass is 354 g/mol. The van der Waals surface area contributed by atoms with Gasteiger partial charge in [-0.25, -0.2) is 0 Å². The first kappa shape index (κ1) is 16.3. The zero-order valence-electron chi connectivity index (χ0n) is 14.1. The maximum atomic E-state index is 12.7. The highest BCUT2D eigenvalue weighted by Gasteiger charge is 2.25. The van der Waals surface area contributed by atoms with Crippen molar-refractivity contribution in [1.82, 2.24) is 9.80 Å². The topological polar surface area (TPSA) is 72.2 Å². The maximum absolute atomic E-state index is 12.7. The minimum absolute atomic E-state index is 0.0680. The Hall–Kier alpha value is -3.22. The predicted molar refractivity (Wildman–Crippen MR) is 92.8 cm³/mol. The molecular weight excluding hydrogens is 336 g/mol. The lowest BCUT2D eigenvalue weighted by molar-refractivity contribution is -0.127. The Kier molecular flexibility index (Phi) is 4.35. The maximum Gasteiger partial charge on any atom is 0.254 e. The molecule has 26 heavy (non-hydrogen) atoms. The fourth-order valence-corrected chi connectivity index (χ4v) is 2.99. The molecular formula is C19H18N2O5. The molecule has 0 N–H and O–H groups in total. The van der Waals surface area contributed by atoms with E-state index in [9.17, 15) is 9.59 Å². The summed E-state index contributed by atoms with van der Waals surface area (Å²) in [5.41, 5.74) is 0.562. The van der Waals surface area contributed by atoms with Crippen LogP contribution in [0, 0.1) is 0 Å². The molecule has 0 radical (unpaired) electrons. The van der Waals surface area contributed by atoms with Gasteiger partial charge in [-0.15, -0.1) is 0 Å². The Morgan fingerprint density at radius 2 is 1.73 bits per heavy atom. The van der Waals surface area contributed by atoms with Gasteiger partial charge in [0.2, 0.25) is 12.7 Å². The van der Waals surface area contributed by atoms with Crippen LogP contribution in [-0.2, 0) is 4.79 Å². The molecule has 134 valence electrons. The van der Waals surface area contributed by atoms with Gasteiger partial charge in [0.25, 0.3) is 5.91 Å². The standard InChI is InChI=1S/C19H18N2O5/c22-18(6-4-15-2-1-11-24-15)20-7-9-21(10-8-20)19(23)14-3-5-16-17(12-14)26-13-25-16/h1-6,11-12H,7-10,13H2/b6-4+. The molecule has 2 amide bonds. The molecule has 1 aromatic carbocycles. The summed E-state index contributed by atoms with van der Waals surface area (Å²) in [6.07, 6.45) is 4.70. The summed E-state index contributed by atoms with van der Waals surface area (Å²) in [7, 11) is 0. The Morgan fingerprint density at radius 3 is 2.50 bits per heavy atom. The molecule has 1 aromatic heterocycles. The summed E-state index contributed by atoms with van der Waals surface area (Å²) in [5.74, 6) is 1.72. The lowest BCUT2D eigenvalue weighted by atomic mass is 10.1. The second kappa shape index (κ2) is 6.95. The number of fused-ring (bicyclic) bond motifs is 1. The number of amides is 2. The van der Waals surface area contributed by atoms with E-state index in [1.165, 1.54) is 6.08 Å². The van der Waals surface area contributed by atoms with Gasteiger partial charge in [-0.1, -0.05) is 0 Å². The van der Waals surface area contributed by atoms with Gasteiger partial charge in [-0.2, -0.15) is 0 Å². The molecule has 0 saturated carbocycles. The van der Waals surface area contributed by atoms with Gasteiger partial charge in [0.1, 0.15) is 5.76 Å². The third kappa shape index (κ3) is 3.28. The SMILES string of the molecule is O=C(/C=C/c1ccco1)N1CCN(C(=O)c2ccc3c(c2)OCO3)CC1. The van der Waals surface area contributed by atoms with Crippen LogP contribution in [0.3, 0.4) is 0 Å². The van der Waals surface area contributed by atoms with E-state index < -0.39 is 0 Å². The number of carbonyl (C=O) groups excluding carboxylic acids is 2. The lowest BCUT2D eigenvalue weighted by Gasteiger charge is -2.34. The number of rotatable bonds is 3. The number of furan rings is 1. The Balaban J connectivity index is 1.34. The van der Waals surface area contributed by atoms with E-state index in [0.29, 0.717) is 49.0 Å². The zero-order chi connectivity index (χ0) is 17.9. The number of carbonyl (C=O) groups is 2. The van der Waals surface area contributed by atoms with E-state index in [-0.39, 0.29) is 18.6 Å². The fraction of sp³-hybridized carbons (Fsp3) is 0.263. The Labute approximate surface area is 150 Å². The molecule has 2 aliphatic heterocycles. The van der Waals surface area contributed by atoms with Crippen molar-refractivity contribution >= 4 is 17.9 Å². The molecule has 0 aliphatic carbocycles. The van der Waals surface area contributed by atoms with Crippen LogP contribution in [0.5, 0.6) is 11.5 Å². The van der Waals surface area contributed by atoms with Crippen LogP contribution >= 0.6 is 0 Å². The van der Waals surface area contributed by atoms with Gasteiger partial charge >= 0.3 is 0 Å². The number of benzene rings is 1. The van der Waals surface area contributed by atoms with Crippen LogP contribution < -0.4 is 9.47 Å². The first-order valence-corrected chi connectivity index (χ1v) is 8.40. The highest BCUT2D eigenvalue weighted by Crippen LogP contribution is 2.32. The molecule has 0 bridgehead atoms. The third-order valence-corrected chi connectivity index (χ3v) is 4.43. The average Bonchev–Trinajstić information content (AvgIpc) is 3.36. The molecule has 2 aromatic rings. The van der Waals surface area contributed by atoms with Gasteiger partial charge in [-0.05, 0) is 36.4 Å². The van der Waals surface area contributed by atoms with Crippen molar-refractivity contribution in [3.63, 3.8) is 0 Å². The van der Waals surface area contributed by atoms with Gasteiger partial charge in [0.15, 0.2) is 11.5 Å². The quantitative estimate of drug-likeness (QED) is 0.789. The Bertz CT molecular complexity index is 836. The van der Waals surface area contributed by atoms with Crippen molar-refractivity contribution in [2.24, 2.45) is 0 Å². The van der Waals surface area contributed by atoms with Crippen molar-refractivity contribution in [2.75, 3.05) is 33.0 Å². The number of nitrogens with zero attached hydrogens (tertiary/aromatic N) is 2. The Morgan fingerprint density at radius 1 is 0.962 bits per heavy atom. The van der Waals surface area contributed by atoms with Gasteiger partial charge < -0.3 is 23.7 Å². The normalized spacial score (nSPS) is 16.3. The number of hydrogen-bond donors (Lipinski definition) is 0. The van der Waals surface area contributed by atoms with Crippen LogP contribution in [0.4, 0.5) is 0 Å². The van der Waals surface area contributed by atoms with Crippen molar-refractivity contribution in [2.45, 2.75) is 0 Å². The largest absolute Gasteiger partial charge is 0.465 e.